The van der Waals surface area contributed by atoms with Crippen molar-refractivity contribution in [3.8, 4) is 23.0 Å². The van der Waals surface area contributed by atoms with E-state index < -0.39 is 18.3 Å². The van der Waals surface area contributed by atoms with Gasteiger partial charge in [-0.05, 0) is 36.8 Å². The number of phenols is 2. The Hall–Kier alpha value is -2.44. The maximum Gasteiger partial charge on any atom is 0.203 e. The van der Waals surface area contributed by atoms with Crippen LogP contribution in [0.15, 0.2) is 36.4 Å². The molecule has 3 rings (SSSR count). The van der Waals surface area contributed by atoms with E-state index in [4.69, 9.17) is 9.47 Å². The first kappa shape index (κ1) is 15.5. The molecule has 1 aliphatic heterocycles. The Kier molecular flexibility index (Phi) is 4.02. The first-order valence-electron chi connectivity index (χ1n) is 7.33. The van der Waals surface area contributed by atoms with Crippen molar-refractivity contribution in [3.05, 3.63) is 47.5 Å². The number of benzene rings is 2. The van der Waals surface area contributed by atoms with Crippen molar-refractivity contribution >= 4 is 0 Å². The van der Waals surface area contributed by atoms with Crippen LogP contribution in [-0.4, -0.2) is 33.1 Å². The number of aromatic hydroxyl groups is 2. The van der Waals surface area contributed by atoms with Gasteiger partial charge >= 0.3 is 0 Å². The molecule has 4 N–H and O–H groups in total. The van der Waals surface area contributed by atoms with Crippen LogP contribution in [0.25, 0.3) is 0 Å². The Morgan fingerprint density at radius 3 is 2.39 bits per heavy atom. The number of hydrogen-bond acceptors (Lipinski definition) is 6. The number of fused-ring (bicyclic) bond motifs is 1. The fourth-order valence-electron chi connectivity index (χ4n) is 2.68. The third-order valence-electron chi connectivity index (χ3n) is 3.83. The summed E-state index contributed by atoms with van der Waals surface area (Å²) in [5.74, 6) is 0.341. The lowest BCUT2D eigenvalue weighted by Crippen LogP contribution is -2.34. The molecule has 1 heterocycles. The molecule has 3 unspecified atom stereocenters. The molecule has 23 heavy (non-hydrogen) atoms. The largest absolute Gasteiger partial charge is 0.508 e. The Morgan fingerprint density at radius 1 is 1.04 bits per heavy atom. The average molecular weight is 318 g/mol. The van der Waals surface area contributed by atoms with Gasteiger partial charge in [-0.25, -0.2) is 0 Å². The van der Waals surface area contributed by atoms with Gasteiger partial charge in [0, 0.05) is 5.56 Å². The van der Waals surface area contributed by atoms with Crippen LogP contribution in [0.1, 0.15) is 30.3 Å². The minimum Gasteiger partial charge on any atom is -0.508 e. The van der Waals surface area contributed by atoms with Crippen molar-refractivity contribution in [1.29, 1.82) is 0 Å². The molecule has 6 heteroatoms. The third-order valence-corrected chi connectivity index (χ3v) is 3.83. The molecule has 0 radical (unpaired) electrons. The number of phenolic OH excluding ortho intramolecular Hbond substituents is 2. The molecule has 3 atom stereocenters. The van der Waals surface area contributed by atoms with Gasteiger partial charge in [0.05, 0.1) is 6.61 Å². The maximum atomic E-state index is 10.4. The molecular weight excluding hydrogens is 300 g/mol. The summed E-state index contributed by atoms with van der Waals surface area (Å²) >= 11 is 0. The molecule has 1 aliphatic rings. The van der Waals surface area contributed by atoms with Gasteiger partial charge in [-0.2, -0.15) is 0 Å². The van der Waals surface area contributed by atoms with E-state index in [1.54, 1.807) is 19.1 Å². The second-order valence-corrected chi connectivity index (χ2v) is 5.33. The summed E-state index contributed by atoms with van der Waals surface area (Å²) in [7, 11) is 0. The zero-order valence-electron chi connectivity index (χ0n) is 12.5. The van der Waals surface area contributed by atoms with Crippen molar-refractivity contribution in [2.75, 3.05) is 6.61 Å². The van der Waals surface area contributed by atoms with Gasteiger partial charge in [0.2, 0.25) is 5.75 Å². The van der Waals surface area contributed by atoms with E-state index >= 15 is 0 Å². The van der Waals surface area contributed by atoms with E-state index in [1.807, 2.05) is 0 Å². The van der Waals surface area contributed by atoms with Crippen molar-refractivity contribution < 1.29 is 29.9 Å². The molecule has 0 aliphatic carbocycles. The second kappa shape index (κ2) is 5.98. The Bertz CT molecular complexity index is 697. The van der Waals surface area contributed by atoms with Crippen LogP contribution >= 0.6 is 0 Å². The Balaban J connectivity index is 2.06. The van der Waals surface area contributed by atoms with Gasteiger partial charge in [-0.1, -0.05) is 12.1 Å². The minimum atomic E-state index is -1.19. The van der Waals surface area contributed by atoms with E-state index in [-0.39, 0.29) is 23.0 Å². The van der Waals surface area contributed by atoms with Crippen LogP contribution in [0.3, 0.4) is 0 Å². The second-order valence-electron chi connectivity index (χ2n) is 5.33. The molecule has 0 bridgehead atoms. The highest BCUT2D eigenvalue weighted by Gasteiger charge is 2.39. The molecule has 0 amide bonds. The maximum absolute atomic E-state index is 10.4. The lowest BCUT2D eigenvalue weighted by Gasteiger charge is -2.35. The fourth-order valence-corrected chi connectivity index (χ4v) is 2.68. The molecule has 2 aromatic rings. The van der Waals surface area contributed by atoms with Crippen molar-refractivity contribution in [2.45, 2.75) is 25.2 Å². The van der Waals surface area contributed by atoms with Gasteiger partial charge in [-0.15, -0.1) is 0 Å². The quantitative estimate of drug-likeness (QED) is 0.691. The summed E-state index contributed by atoms with van der Waals surface area (Å²) in [4.78, 5) is 0. The molecule has 0 saturated carbocycles. The van der Waals surface area contributed by atoms with E-state index in [0.717, 1.165) is 0 Å². The summed E-state index contributed by atoms with van der Waals surface area (Å²) in [6.07, 6.45) is -3.22. The normalized spacial score (nSPS) is 23.0. The van der Waals surface area contributed by atoms with Crippen LogP contribution in [-0.2, 0) is 0 Å². The third kappa shape index (κ3) is 2.67. The van der Waals surface area contributed by atoms with Crippen molar-refractivity contribution in [2.24, 2.45) is 0 Å². The van der Waals surface area contributed by atoms with Crippen molar-refractivity contribution in [1.82, 2.24) is 0 Å². The van der Waals surface area contributed by atoms with E-state index in [1.165, 1.54) is 24.3 Å². The minimum absolute atomic E-state index is 0.0904. The molecule has 0 spiro atoms. The van der Waals surface area contributed by atoms with Gasteiger partial charge in [-0.3, -0.25) is 0 Å². The van der Waals surface area contributed by atoms with E-state index in [2.05, 4.69) is 0 Å². The topological polar surface area (TPSA) is 99.4 Å². The van der Waals surface area contributed by atoms with Crippen LogP contribution in [0.2, 0.25) is 0 Å². The summed E-state index contributed by atoms with van der Waals surface area (Å²) in [6, 6.07) is 9.03. The lowest BCUT2D eigenvalue weighted by atomic mass is 9.92. The van der Waals surface area contributed by atoms with Gasteiger partial charge in [0.15, 0.2) is 17.6 Å². The number of aliphatic hydroxyl groups is 2. The summed E-state index contributed by atoms with van der Waals surface area (Å²) in [5.41, 5.74) is 0.944. The predicted molar refractivity (Wildman–Crippen MR) is 81.7 cm³/mol. The number of aliphatic hydroxyl groups excluding tert-OH is 2. The molecule has 0 fully saturated rings. The van der Waals surface area contributed by atoms with E-state index in [0.29, 0.717) is 17.7 Å². The number of hydrogen-bond donors (Lipinski definition) is 4. The summed E-state index contributed by atoms with van der Waals surface area (Å²) < 4.78 is 11.2. The fraction of sp³-hybridized carbons (Fsp3) is 0.294. The highest BCUT2D eigenvalue weighted by atomic mass is 16.5. The molecule has 2 aromatic carbocycles. The lowest BCUT2D eigenvalue weighted by molar-refractivity contribution is -0.0711. The highest BCUT2D eigenvalue weighted by Crippen LogP contribution is 2.49. The van der Waals surface area contributed by atoms with Crippen LogP contribution < -0.4 is 9.47 Å². The standard InChI is InChI=1S/C17H18O6/c1-2-22-17-12(19)8-7-11-13(20)14(21)15(23-16(11)17)9-3-5-10(18)6-4-9/h3-8,13-15,18-21H,2H2,1H3. The molecule has 6 nitrogen and oxygen atoms in total. The molecular formula is C17H18O6. The highest BCUT2D eigenvalue weighted by molar-refractivity contribution is 5.57. The molecule has 0 aromatic heterocycles. The van der Waals surface area contributed by atoms with Gasteiger partial charge in [0.1, 0.15) is 18.0 Å². The first-order chi connectivity index (χ1) is 11.0. The number of ether oxygens (including phenoxy) is 2. The average Bonchev–Trinajstić information content (AvgIpc) is 2.54. The van der Waals surface area contributed by atoms with Crippen LogP contribution in [0.4, 0.5) is 0 Å². The van der Waals surface area contributed by atoms with Crippen LogP contribution in [0, 0.1) is 0 Å². The van der Waals surface area contributed by atoms with Gasteiger partial charge in [0.25, 0.3) is 0 Å². The predicted octanol–water partition coefficient (Wildman–Crippen LogP) is 2.02. The first-order valence-corrected chi connectivity index (χ1v) is 7.33. The van der Waals surface area contributed by atoms with Crippen LogP contribution in [0.5, 0.6) is 23.0 Å². The zero-order chi connectivity index (χ0) is 16.6. The Labute approximate surface area is 133 Å². The molecule has 0 saturated heterocycles. The van der Waals surface area contributed by atoms with E-state index in [9.17, 15) is 20.4 Å². The molecule has 122 valence electrons. The summed E-state index contributed by atoms with van der Waals surface area (Å²) in [6.45, 7) is 2.08. The SMILES string of the molecule is CCOc1c(O)ccc2c1OC(c1ccc(O)cc1)C(O)C2O. The smallest absolute Gasteiger partial charge is 0.203 e. The zero-order valence-corrected chi connectivity index (χ0v) is 12.5. The van der Waals surface area contributed by atoms with Gasteiger partial charge < -0.3 is 29.9 Å². The monoisotopic (exact) mass is 318 g/mol. The number of rotatable bonds is 3. The van der Waals surface area contributed by atoms with Crippen molar-refractivity contribution in [3.63, 3.8) is 0 Å². The Morgan fingerprint density at radius 2 is 1.74 bits per heavy atom. The summed E-state index contributed by atoms with van der Waals surface area (Å²) in [5, 5.41) is 40.1.